The Bertz CT molecular complexity index is 623. The highest BCUT2D eigenvalue weighted by atomic mass is 19.2. The molecule has 0 aliphatic carbocycles. The summed E-state index contributed by atoms with van der Waals surface area (Å²) in [7, 11) is 0. The maximum Gasteiger partial charge on any atom is 0.203 e. The van der Waals surface area contributed by atoms with Gasteiger partial charge in [-0.25, -0.2) is 13.8 Å². The van der Waals surface area contributed by atoms with Gasteiger partial charge in [-0.05, 0) is 13.0 Å². The van der Waals surface area contributed by atoms with Crippen LogP contribution in [0.5, 0.6) is 5.75 Å². The van der Waals surface area contributed by atoms with E-state index in [9.17, 15) is 17.6 Å². The predicted octanol–water partition coefficient (Wildman–Crippen LogP) is 3.65. The van der Waals surface area contributed by atoms with Crippen LogP contribution >= 0.6 is 0 Å². The van der Waals surface area contributed by atoms with Crippen LogP contribution in [0.1, 0.15) is 12.5 Å². The first-order valence-corrected chi connectivity index (χ1v) is 6.18. The third-order valence-electron chi connectivity index (χ3n) is 2.68. The first kappa shape index (κ1) is 15.1. The van der Waals surface area contributed by atoms with Crippen LogP contribution in [0.3, 0.4) is 0 Å². The van der Waals surface area contributed by atoms with Crippen LogP contribution in [0.15, 0.2) is 24.4 Å². The zero-order valence-electron chi connectivity index (χ0n) is 11.1. The Morgan fingerprint density at radius 3 is 2.43 bits per heavy atom. The molecular weight excluding hydrogens is 288 g/mol. The summed E-state index contributed by atoms with van der Waals surface area (Å²) in [5, 5.41) is 2.94. The second-order valence-corrected chi connectivity index (χ2v) is 4.13. The molecule has 0 bridgehead atoms. The van der Waals surface area contributed by atoms with E-state index in [1.807, 2.05) is 6.92 Å². The van der Waals surface area contributed by atoms with Crippen molar-refractivity contribution in [3.8, 4) is 5.75 Å². The van der Waals surface area contributed by atoms with Crippen LogP contribution in [0.4, 0.5) is 23.4 Å². The summed E-state index contributed by atoms with van der Waals surface area (Å²) >= 11 is 0. The number of pyridine rings is 1. The topological polar surface area (TPSA) is 34.2 Å². The minimum Gasteiger partial charge on any atom is -0.483 e. The van der Waals surface area contributed by atoms with Gasteiger partial charge in [0.15, 0.2) is 17.4 Å². The summed E-state index contributed by atoms with van der Waals surface area (Å²) in [6.07, 6.45) is 1.53. The van der Waals surface area contributed by atoms with Gasteiger partial charge < -0.3 is 10.1 Å². The summed E-state index contributed by atoms with van der Waals surface area (Å²) < 4.78 is 57.9. The van der Waals surface area contributed by atoms with Gasteiger partial charge in [-0.3, -0.25) is 0 Å². The molecule has 1 N–H and O–H groups in total. The molecule has 3 nitrogen and oxygen atoms in total. The zero-order chi connectivity index (χ0) is 15.4. The Kier molecular flexibility index (Phi) is 4.62. The number of benzene rings is 1. The van der Waals surface area contributed by atoms with Crippen molar-refractivity contribution in [3.05, 3.63) is 53.2 Å². The maximum absolute atomic E-state index is 13.5. The molecule has 0 aliphatic heterocycles. The summed E-state index contributed by atoms with van der Waals surface area (Å²) in [4.78, 5) is 4.03. The van der Waals surface area contributed by atoms with Gasteiger partial charge in [0, 0.05) is 24.4 Å². The molecule has 0 saturated heterocycles. The zero-order valence-corrected chi connectivity index (χ0v) is 11.1. The van der Waals surface area contributed by atoms with Crippen LogP contribution in [0.2, 0.25) is 0 Å². The van der Waals surface area contributed by atoms with Crippen molar-refractivity contribution in [1.29, 1.82) is 0 Å². The van der Waals surface area contributed by atoms with Gasteiger partial charge in [0.2, 0.25) is 11.6 Å². The van der Waals surface area contributed by atoms with Gasteiger partial charge in [0.25, 0.3) is 0 Å². The molecule has 0 aliphatic rings. The van der Waals surface area contributed by atoms with Crippen LogP contribution in [0.25, 0.3) is 0 Å². The van der Waals surface area contributed by atoms with Crippen molar-refractivity contribution in [1.82, 2.24) is 4.98 Å². The highest BCUT2D eigenvalue weighted by molar-refractivity contribution is 5.43. The molecule has 1 aromatic carbocycles. The minimum atomic E-state index is -1.57. The lowest BCUT2D eigenvalue weighted by atomic mass is 10.2. The van der Waals surface area contributed by atoms with E-state index in [1.165, 1.54) is 6.20 Å². The van der Waals surface area contributed by atoms with Gasteiger partial charge in [-0.1, -0.05) is 6.07 Å². The third kappa shape index (κ3) is 3.24. The Morgan fingerprint density at radius 1 is 1.14 bits per heavy atom. The first-order valence-electron chi connectivity index (χ1n) is 6.18. The van der Waals surface area contributed by atoms with Crippen molar-refractivity contribution in [2.24, 2.45) is 0 Å². The summed E-state index contributed by atoms with van der Waals surface area (Å²) in [5.74, 6) is -6.77. The van der Waals surface area contributed by atoms with Gasteiger partial charge in [-0.2, -0.15) is 8.78 Å². The first-order chi connectivity index (χ1) is 10.0. The monoisotopic (exact) mass is 300 g/mol. The van der Waals surface area contributed by atoms with E-state index in [1.54, 1.807) is 12.1 Å². The number of hydrogen-bond donors (Lipinski definition) is 1. The van der Waals surface area contributed by atoms with E-state index in [-0.39, 0.29) is 12.7 Å². The van der Waals surface area contributed by atoms with Gasteiger partial charge in [-0.15, -0.1) is 0 Å². The molecule has 0 unspecified atom stereocenters. The second kappa shape index (κ2) is 6.43. The number of halogens is 4. The molecular formula is C14H12F4N2O. The van der Waals surface area contributed by atoms with Gasteiger partial charge in [0.05, 0.1) is 0 Å². The largest absolute Gasteiger partial charge is 0.483 e. The molecule has 0 amide bonds. The predicted molar refractivity (Wildman–Crippen MR) is 69.0 cm³/mol. The van der Waals surface area contributed by atoms with Gasteiger partial charge in [0.1, 0.15) is 12.4 Å². The quantitative estimate of drug-likeness (QED) is 0.676. The van der Waals surface area contributed by atoms with Crippen LogP contribution in [-0.4, -0.2) is 11.5 Å². The second-order valence-electron chi connectivity index (χ2n) is 4.13. The van der Waals surface area contributed by atoms with E-state index in [0.29, 0.717) is 17.9 Å². The van der Waals surface area contributed by atoms with E-state index < -0.39 is 29.0 Å². The van der Waals surface area contributed by atoms with Crippen LogP contribution in [-0.2, 0) is 6.61 Å². The fourth-order valence-electron chi connectivity index (χ4n) is 1.71. The molecule has 0 saturated carbocycles. The number of aromatic nitrogens is 1. The molecule has 0 atom stereocenters. The fourth-order valence-corrected chi connectivity index (χ4v) is 1.71. The number of nitrogens with one attached hydrogen (secondary N) is 1. The van der Waals surface area contributed by atoms with Crippen LogP contribution in [0, 0.1) is 23.3 Å². The van der Waals surface area contributed by atoms with Crippen molar-refractivity contribution in [3.63, 3.8) is 0 Å². The molecule has 0 fully saturated rings. The van der Waals surface area contributed by atoms with E-state index >= 15 is 0 Å². The van der Waals surface area contributed by atoms with E-state index in [0.717, 1.165) is 0 Å². The highest BCUT2D eigenvalue weighted by Crippen LogP contribution is 2.27. The molecule has 1 heterocycles. The lowest BCUT2D eigenvalue weighted by Gasteiger charge is -2.12. The lowest BCUT2D eigenvalue weighted by Crippen LogP contribution is -2.08. The lowest BCUT2D eigenvalue weighted by molar-refractivity contribution is 0.262. The standard InChI is InChI=1S/C14H12F4N2O/c1-2-19-14-8(4-3-5-20-14)7-21-13-11(17)9(15)6-10(16)12(13)18/h3-6H,2,7H2,1H3,(H,19,20). The van der Waals surface area contributed by atoms with E-state index in [2.05, 4.69) is 10.3 Å². The number of ether oxygens (including phenoxy) is 1. The van der Waals surface area contributed by atoms with E-state index in [4.69, 9.17) is 4.74 Å². The van der Waals surface area contributed by atoms with Crippen LogP contribution < -0.4 is 10.1 Å². The van der Waals surface area contributed by atoms with Gasteiger partial charge >= 0.3 is 0 Å². The molecule has 7 heteroatoms. The number of rotatable bonds is 5. The van der Waals surface area contributed by atoms with Crippen molar-refractivity contribution in [2.45, 2.75) is 13.5 Å². The van der Waals surface area contributed by atoms with Crippen molar-refractivity contribution in [2.75, 3.05) is 11.9 Å². The molecule has 112 valence electrons. The Hall–Kier alpha value is -2.31. The molecule has 0 radical (unpaired) electrons. The normalized spacial score (nSPS) is 10.5. The molecule has 21 heavy (non-hydrogen) atoms. The molecule has 1 aromatic heterocycles. The highest BCUT2D eigenvalue weighted by Gasteiger charge is 2.21. The Balaban J connectivity index is 2.25. The SMILES string of the molecule is CCNc1ncccc1COc1c(F)c(F)cc(F)c1F. The number of nitrogens with zero attached hydrogens (tertiary/aromatic N) is 1. The summed E-state index contributed by atoms with van der Waals surface area (Å²) in [6, 6.07) is 3.36. The molecule has 2 rings (SSSR count). The number of anilines is 1. The summed E-state index contributed by atoms with van der Waals surface area (Å²) in [6.45, 7) is 2.15. The fraction of sp³-hybridized carbons (Fsp3) is 0.214. The molecule has 0 spiro atoms. The third-order valence-corrected chi connectivity index (χ3v) is 2.68. The Labute approximate surface area is 118 Å². The number of hydrogen-bond acceptors (Lipinski definition) is 3. The average Bonchev–Trinajstić information content (AvgIpc) is 2.47. The van der Waals surface area contributed by atoms with Crippen molar-refractivity contribution >= 4 is 5.82 Å². The molecule has 2 aromatic rings. The Morgan fingerprint density at radius 2 is 1.81 bits per heavy atom. The minimum absolute atomic E-state index is 0.131. The smallest absolute Gasteiger partial charge is 0.203 e. The maximum atomic E-state index is 13.5. The van der Waals surface area contributed by atoms with Crippen molar-refractivity contribution < 1.29 is 22.3 Å². The average molecular weight is 300 g/mol. The summed E-state index contributed by atoms with van der Waals surface area (Å²) in [5.41, 5.74) is 0.503.